The van der Waals surface area contributed by atoms with Crippen LogP contribution in [0, 0.1) is 0 Å². The first-order valence-electron chi connectivity index (χ1n) is 10.3. The van der Waals surface area contributed by atoms with Crippen LogP contribution in [0.2, 0.25) is 0 Å². The molecule has 0 unspecified atom stereocenters. The highest BCUT2D eigenvalue weighted by Gasteiger charge is 2.39. The molecular formula is C21H27N3O4S2. The van der Waals surface area contributed by atoms with Gasteiger partial charge in [-0.2, -0.15) is 4.31 Å². The second-order valence-corrected chi connectivity index (χ2v) is 10.6. The van der Waals surface area contributed by atoms with Crippen LogP contribution in [0.25, 0.3) is 0 Å². The number of fused-ring (bicyclic) bond motifs is 1. The minimum Gasteiger partial charge on any atom is -0.379 e. The number of nitrogens with one attached hydrogen (secondary N) is 1. The van der Waals surface area contributed by atoms with Crippen LogP contribution in [0.15, 0.2) is 46.0 Å². The van der Waals surface area contributed by atoms with E-state index >= 15 is 0 Å². The lowest BCUT2D eigenvalue weighted by molar-refractivity contribution is -0.125. The molecule has 9 heteroatoms. The maximum atomic E-state index is 13.2. The van der Waals surface area contributed by atoms with Crippen LogP contribution in [0.4, 0.5) is 0 Å². The summed E-state index contributed by atoms with van der Waals surface area (Å²) in [5, 5.41) is 4.71. The zero-order valence-electron chi connectivity index (χ0n) is 16.8. The van der Waals surface area contributed by atoms with Gasteiger partial charge in [-0.3, -0.25) is 9.69 Å². The van der Waals surface area contributed by atoms with E-state index in [4.69, 9.17) is 4.74 Å². The van der Waals surface area contributed by atoms with Gasteiger partial charge in [-0.1, -0.05) is 30.3 Å². The predicted molar refractivity (Wildman–Crippen MR) is 116 cm³/mol. The molecule has 3 heterocycles. The van der Waals surface area contributed by atoms with E-state index < -0.39 is 16.1 Å². The summed E-state index contributed by atoms with van der Waals surface area (Å²) in [5.41, 5.74) is 1.98. The van der Waals surface area contributed by atoms with Crippen LogP contribution in [0.1, 0.15) is 17.5 Å². The Morgan fingerprint density at radius 2 is 1.90 bits per heavy atom. The quantitative estimate of drug-likeness (QED) is 0.651. The summed E-state index contributed by atoms with van der Waals surface area (Å²) in [5.74, 6) is -0.230. The van der Waals surface area contributed by atoms with E-state index in [-0.39, 0.29) is 16.7 Å². The number of nitrogens with zero attached hydrogens (tertiary/aromatic N) is 2. The van der Waals surface area contributed by atoms with Gasteiger partial charge in [0, 0.05) is 26.2 Å². The molecule has 0 spiro atoms. The zero-order valence-corrected chi connectivity index (χ0v) is 18.5. The van der Waals surface area contributed by atoms with Crippen LogP contribution >= 0.6 is 11.3 Å². The summed E-state index contributed by atoms with van der Waals surface area (Å²) in [6.07, 6.45) is 1.21. The number of benzene rings is 1. The Labute approximate surface area is 181 Å². The number of ether oxygens (including phenoxy) is 1. The Bertz CT molecular complexity index is 956. The zero-order chi connectivity index (χ0) is 21.0. The van der Waals surface area contributed by atoms with E-state index in [1.54, 1.807) is 17.5 Å². The molecule has 0 bridgehead atoms. The first kappa shape index (κ1) is 21.5. The standard InChI is InChI=1S/C21H27N3O4S2/c25-21(22-8-4-9-23-10-12-28-13-11-23)19-15-17-5-1-2-6-18(17)16-24(19)30(26,27)20-7-3-14-29-20/h1-3,5-7,14,19H,4,8-13,15-16H2,(H,22,25)/t19-/m0/s1. The summed E-state index contributed by atoms with van der Waals surface area (Å²) in [4.78, 5) is 15.4. The molecule has 30 heavy (non-hydrogen) atoms. The van der Waals surface area contributed by atoms with Crippen LogP contribution in [-0.2, 0) is 32.5 Å². The Balaban J connectivity index is 1.45. The van der Waals surface area contributed by atoms with Gasteiger partial charge in [0.1, 0.15) is 10.3 Å². The minimum atomic E-state index is -3.73. The van der Waals surface area contributed by atoms with Crippen LogP contribution < -0.4 is 5.32 Å². The number of hydrogen-bond acceptors (Lipinski definition) is 6. The molecule has 0 saturated carbocycles. The van der Waals surface area contributed by atoms with Crippen molar-refractivity contribution in [3.63, 3.8) is 0 Å². The molecule has 1 N–H and O–H groups in total. The van der Waals surface area contributed by atoms with Gasteiger partial charge >= 0.3 is 0 Å². The third kappa shape index (κ3) is 4.76. The number of rotatable bonds is 7. The molecule has 1 saturated heterocycles. The average molecular weight is 450 g/mol. The van der Waals surface area contributed by atoms with Gasteiger partial charge in [0.15, 0.2) is 0 Å². The SMILES string of the molecule is O=C(NCCCN1CCOCC1)[C@@H]1Cc2ccccc2CN1S(=O)(=O)c1cccs1. The molecule has 2 aromatic rings. The number of sulfonamides is 1. The van der Waals surface area contributed by atoms with Crippen molar-refractivity contribution in [1.82, 2.24) is 14.5 Å². The number of amides is 1. The van der Waals surface area contributed by atoms with Gasteiger partial charge in [-0.25, -0.2) is 8.42 Å². The molecule has 1 fully saturated rings. The predicted octanol–water partition coefficient (Wildman–Crippen LogP) is 1.70. The average Bonchev–Trinajstić information content (AvgIpc) is 3.32. The Hall–Kier alpha value is -1.78. The van der Waals surface area contributed by atoms with Crippen molar-refractivity contribution in [2.24, 2.45) is 0 Å². The molecule has 1 amide bonds. The van der Waals surface area contributed by atoms with Crippen molar-refractivity contribution >= 4 is 27.3 Å². The van der Waals surface area contributed by atoms with Crippen LogP contribution in [0.5, 0.6) is 0 Å². The Kier molecular flexibility index (Phi) is 6.84. The van der Waals surface area contributed by atoms with E-state index in [2.05, 4.69) is 10.2 Å². The highest BCUT2D eigenvalue weighted by atomic mass is 32.2. The lowest BCUT2D eigenvalue weighted by atomic mass is 9.95. The van der Waals surface area contributed by atoms with Crippen molar-refractivity contribution in [3.05, 3.63) is 52.9 Å². The third-order valence-corrected chi connectivity index (χ3v) is 8.85. The van der Waals surface area contributed by atoms with E-state index in [0.717, 1.165) is 50.4 Å². The monoisotopic (exact) mass is 449 g/mol. The summed E-state index contributed by atoms with van der Waals surface area (Å²) in [6, 6.07) is 10.3. The second kappa shape index (κ2) is 9.57. The first-order chi connectivity index (χ1) is 14.6. The molecule has 1 aromatic carbocycles. The van der Waals surface area contributed by atoms with E-state index in [1.807, 2.05) is 24.3 Å². The maximum absolute atomic E-state index is 13.2. The third-order valence-electron chi connectivity index (χ3n) is 5.62. The largest absolute Gasteiger partial charge is 0.379 e. The van der Waals surface area contributed by atoms with Gasteiger partial charge < -0.3 is 10.1 Å². The fraction of sp³-hybridized carbons (Fsp3) is 0.476. The van der Waals surface area contributed by atoms with Crippen molar-refractivity contribution in [3.8, 4) is 0 Å². The highest BCUT2D eigenvalue weighted by molar-refractivity contribution is 7.91. The molecule has 162 valence electrons. The van der Waals surface area contributed by atoms with E-state index in [9.17, 15) is 13.2 Å². The van der Waals surface area contributed by atoms with Crippen molar-refractivity contribution in [1.29, 1.82) is 0 Å². The fourth-order valence-corrected chi connectivity index (χ4v) is 6.64. The van der Waals surface area contributed by atoms with Crippen LogP contribution in [-0.4, -0.2) is 69.0 Å². The maximum Gasteiger partial charge on any atom is 0.253 e. The number of carbonyl (C=O) groups is 1. The minimum absolute atomic E-state index is 0.211. The summed E-state index contributed by atoms with van der Waals surface area (Å²) >= 11 is 1.18. The lowest BCUT2D eigenvalue weighted by Gasteiger charge is -2.34. The molecule has 0 aliphatic carbocycles. The normalized spacial score (nSPS) is 20.6. The molecule has 1 aromatic heterocycles. The van der Waals surface area contributed by atoms with E-state index in [0.29, 0.717) is 13.0 Å². The van der Waals surface area contributed by atoms with Gasteiger partial charge in [0.05, 0.1) is 13.2 Å². The van der Waals surface area contributed by atoms with Crippen molar-refractivity contribution in [2.45, 2.75) is 29.6 Å². The van der Waals surface area contributed by atoms with Crippen LogP contribution in [0.3, 0.4) is 0 Å². The Morgan fingerprint density at radius 1 is 1.13 bits per heavy atom. The molecule has 4 rings (SSSR count). The number of morpholine rings is 1. The summed E-state index contributed by atoms with van der Waals surface area (Å²) in [7, 11) is -3.73. The smallest absolute Gasteiger partial charge is 0.253 e. The van der Waals surface area contributed by atoms with Gasteiger partial charge in [0.2, 0.25) is 5.91 Å². The summed E-state index contributed by atoms with van der Waals surface area (Å²) in [6.45, 7) is 4.98. The molecule has 2 aliphatic rings. The number of carbonyl (C=O) groups excluding carboxylic acids is 1. The molecule has 7 nitrogen and oxygen atoms in total. The summed E-state index contributed by atoms with van der Waals surface area (Å²) < 4.78 is 33.5. The fourth-order valence-electron chi connectivity index (χ4n) is 3.96. The van der Waals surface area contributed by atoms with Crippen molar-refractivity contribution < 1.29 is 17.9 Å². The molecule has 2 aliphatic heterocycles. The topological polar surface area (TPSA) is 79.0 Å². The first-order valence-corrected chi connectivity index (χ1v) is 12.6. The molecule has 0 radical (unpaired) electrons. The second-order valence-electron chi connectivity index (χ2n) is 7.57. The number of thiophene rings is 1. The van der Waals surface area contributed by atoms with Gasteiger partial charge in [-0.05, 0) is 42.0 Å². The van der Waals surface area contributed by atoms with Gasteiger partial charge in [0.25, 0.3) is 10.0 Å². The Morgan fingerprint density at radius 3 is 2.63 bits per heavy atom. The molecular weight excluding hydrogens is 422 g/mol. The lowest BCUT2D eigenvalue weighted by Crippen LogP contribution is -2.52. The van der Waals surface area contributed by atoms with Gasteiger partial charge in [-0.15, -0.1) is 11.3 Å². The number of hydrogen-bond donors (Lipinski definition) is 1. The van der Waals surface area contributed by atoms with E-state index in [1.165, 1.54) is 15.6 Å². The highest BCUT2D eigenvalue weighted by Crippen LogP contribution is 2.30. The van der Waals surface area contributed by atoms with Crippen molar-refractivity contribution in [2.75, 3.05) is 39.4 Å². The molecule has 1 atom stereocenters.